The maximum Gasteiger partial charge on any atom is 0.321 e. The van der Waals surface area contributed by atoms with Crippen molar-refractivity contribution in [2.24, 2.45) is 0 Å². The van der Waals surface area contributed by atoms with Gasteiger partial charge in [0.2, 0.25) is 5.91 Å². The van der Waals surface area contributed by atoms with E-state index in [1.165, 1.54) is 19.2 Å². The monoisotopic (exact) mass is 271 g/mol. The van der Waals surface area contributed by atoms with E-state index in [1.807, 2.05) is 12.1 Å². The third-order valence-electron chi connectivity index (χ3n) is 2.50. The number of nitrogens with one attached hydrogen (secondary N) is 3. The highest BCUT2D eigenvalue weighted by molar-refractivity contribution is 5.97. The quantitative estimate of drug-likeness (QED) is 0.747. The number of amides is 3. The summed E-state index contributed by atoms with van der Waals surface area (Å²) >= 11 is 0. The zero-order chi connectivity index (χ0) is 15.1. The molecule has 3 N–H and O–H groups in total. The lowest BCUT2D eigenvalue weighted by atomic mass is 10.1. The van der Waals surface area contributed by atoms with Gasteiger partial charge in [-0.25, -0.2) is 4.79 Å². The van der Waals surface area contributed by atoms with Crippen LogP contribution in [0.1, 0.15) is 18.1 Å². The Labute approximate surface area is 116 Å². The van der Waals surface area contributed by atoms with Crippen molar-refractivity contribution in [3.05, 3.63) is 29.3 Å². The Morgan fingerprint density at radius 1 is 1.20 bits per heavy atom. The molecule has 1 aromatic carbocycles. The summed E-state index contributed by atoms with van der Waals surface area (Å²) in [5.74, 6) is -0.507. The second-order valence-corrected chi connectivity index (χ2v) is 3.92. The average molecular weight is 271 g/mol. The van der Waals surface area contributed by atoms with Crippen LogP contribution in [0.5, 0.6) is 0 Å². The normalized spacial score (nSPS) is 10.6. The Kier molecular flexibility index (Phi) is 5.07. The Morgan fingerprint density at radius 3 is 2.40 bits per heavy atom. The molecular weight excluding hydrogens is 258 g/mol. The van der Waals surface area contributed by atoms with Gasteiger partial charge in [0.25, 0.3) is 0 Å². The third kappa shape index (κ3) is 3.72. The molecule has 3 amide bonds. The highest BCUT2D eigenvalue weighted by Gasteiger charge is 2.15. The molecule has 7 nitrogen and oxygen atoms in total. The van der Waals surface area contributed by atoms with E-state index in [2.05, 4.69) is 16.0 Å². The Hall–Kier alpha value is -3.06. The van der Waals surface area contributed by atoms with Crippen LogP contribution in [0, 0.1) is 22.7 Å². The number of imide groups is 1. The summed E-state index contributed by atoms with van der Waals surface area (Å²) in [5.41, 5.74) is 0.997. The van der Waals surface area contributed by atoms with Gasteiger partial charge in [-0.05, 0) is 25.1 Å². The largest absolute Gasteiger partial charge is 0.374 e. The van der Waals surface area contributed by atoms with Crippen molar-refractivity contribution in [2.75, 3.05) is 12.4 Å². The molecule has 1 aromatic rings. The maximum absolute atomic E-state index is 11.6. The summed E-state index contributed by atoms with van der Waals surface area (Å²) in [6.45, 7) is 1.57. The first-order valence-corrected chi connectivity index (χ1v) is 5.75. The van der Waals surface area contributed by atoms with Gasteiger partial charge in [0, 0.05) is 12.7 Å². The number of carbonyl (C=O) groups excluding carboxylic acids is 2. The molecule has 0 fully saturated rings. The molecule has 0 aliphatic heterocycles. The lowest BCUT2D eigenvalue weighted by Gasteiger charge is -2.14. The summed E-state index contributed by atoms with van der Waals surface area (Å²) in [6, 6.07) is 7.09. The van der Waals surface area contributed by atoms with Crippen LogP contribution >= 0.6 is 0 Å². The fraction of sp³-hybridized carbons (Fsp3) is 0.231. The molecule has 0 heterocycles. The molecule has 0 saturated heterocycles. The smallest absolute Gasteiger partial charge is 0.321 e. The minimum atomic E-state index is -0.674. The molecule has 20 heavy (non-hydrogen) atoms. The van der Waals surface area contributed by atoms with Crippen LogP contribution in [0.15, 0.2) is 18.2 Å². The lowest BCUT2D eigenvalue weighted by molar-refractivity contribution is -0.120. The van der Waals surface area contributed by atoms with Crippen molar-refractivity contribution < 1.29 is 9.59 Å². The summed E-state index contributed by atoms with van der Waals surface area (Å²) in [5, 5.41) is 25.0. The van der Waals surface area contributed by atoms with Gasteiger partial charge < -0.3 is 10.6 Å². The van der Waals surface area contributed by atoms with Gasteiger partial charge in [0.1, 0.15) is 18.2 Å². The first-order valence-electron chi connectivity index (χ1n) is 5.75. The van der Waals surface area contributed by atoms with E-state index in [-0.39, 0.29) is 11.1 Å². The zero-order valence-electron chi connectivity index (χ0n) is 11.0. The minimum Gasteiger partial charge on any atom is -0.374 e. The number of nitrogens with zero attached hydrogens (tertiary/aromatic N) is 2. The van der Waals surface area contributed by atoms with Gasteiger partial charge in [-0.1, -0.05) is 0 Å². The molecule has 0 saturated carbocycles. The van der Waals surface area contributed by atoms with Crippen molar-refractivity contribution in [3.8, 4) is 12.1 Å². The second-order valence-electron chi connectivity index (χ2n) is 3.92. The number of rotatable bonds is 3. The van der Waals surface area contributed by atoms with Gasteiger partial charge in [-0.15, -0.1) is 0 Å². The van der Waals surface area contributed by atoms with Crippen LogP contribution in [0.3, 0.4) is 0 Å². The van der Waals surface area contributed by atoms with E-state index >= 15 is 0 Å². The molecule has 0 bridgehead atoms. The zero-order valence-corrected chi connectivity index (χ0v) is 11.0. The fourth-order valence-electron chi connectivity index (χ4n) is 1.42. The predicted molar refractivity (Wildman–Crippen MR) is 71.6 cm³/mol. The first-order chi connectivity index (χ1) is 9.51. The van der Waals surface area contributed by atoms with Crippen molar-refractivity contribution in [3.63, 3.8) is 0 Å². The molecule has 1 atom stereocenters. The Morgan fingerprint density at radius 2 is 1.85 bits per heavy atom. The molecule has 1 unspecified atom stereocenters. The van der Waals surface area contributed by atoms with Crippen LogP contribution in [-0.4, -0.2) is 25.0 Å². The Balaban J connectivity index is 2.79. The van der Waals surface area contributed by atoms with Crippen molar-refractivity contribution in [2.45, 2.75) is 13.0 Å². The number of hydrogen-bond donors (Lipinski definition) is 3. The number of anilines is 1. The lowest BCUT2D eigenvalue weighted by Crippen LogP contribution is -2.44. The van der Waals surface area contributed by atoms with E-state index in [0.717, 1.165) is 0 Å². The third-order valence-corrected chi connectivity index (χ3v) is 2.50. The number of carbonyl (C=O) groups is 2. The number of urea groups is 1. The fourth-order valence-corrected chi connectivity index (χ4v) is 1.42. The standard InChI is InChI=1S/C13H13N5O2/c1-8(12(19)18-13(20)16-2)17-11-4-3-9(6-14)10(5-11)7-15/h3-5,8,17H,1-2H3,(H2,16,18,19,20). The SMILES string of the molecule is CNC(=O)NC(=O)C(C)Nc1ccc(C#N)c(C#N)c1. The van der Waals surface area contributed by atoms with Crippen LogP contribution in [0.2, 0.25) is 0 Å². The summed E-state index contributed by atoms with van der Waals surface area (Å²) in [6.07, 6.45) is 0. The highest BCUT2D eigenvalue weighted by atomic mass is 16.2. The first kappa shape index (κ1) is 15.0. The number of hydrogen-bond acceptors (Lipinski definition) is 5. The summed E-state index contributed by atoms with van der Waals surface area (Å²) < 4.78 is 0. The van der Waals surface area contributed by atoms with Crippen LogP contribution in [-0.2, 0) is 4.79 Å². The maximum atomic E-state index is 11.6. The van der Waals surface area contributed by atoms with Crippen LogP contribution < -0.4 is 16.0 Å². The van der Waals surface area contributed by atoms with E-state index in [1.54, 1.807) is 13.0 Å². The molecule has 102 valence electrons. The van der Waals surface area contributed by atoms with Gasteiger partial charge in [0.15, 0.2) is 0 Å². The number of nitriles is 2. The van der Waals surface area contributed by atoms with Crippen LogP contribution in [0.4, 0.5) is 10.5 Å². The highest BCUT2D eigenvalue weighted by Crippen LogP contribution is 2.15. The summed E-state index contributed by atoms with van der Waals surface area (Å²) in [7, 11) is 1.40. The number of benzene rings is 1. The Bertz CT molecular complexity index is 612. The molecule has 1 rings (SSSR count). The van der Waals surface area contributed by atoms with E-state index in [9.17, 15) is 9.59 Å². The molecule has 7 heteroatoms. The van der Waals surface area contributed by atoms with Gasteiger partial charge in [-0.3, -0.25) is 10.1 Å². The molecule has 0 aromatic heterocycles. The van der Waals surface area contributed by atoms with E-state index < -0.39 is 18.0 Å². The summed E-state index contributed by atoms with van der Waals surface area (Å²) in [4.78, 5) is 22.7. The van der Waals surface area contributed by atoms with Crippen molar-refractivity contribution in [1.29, 1.82) is 10.5 Å². The topological polar surface area (TPSA) is 118 Å². The molecule has 0 aliphatic rings. The van der Waals surface area contributed by atoms with Crippen molar-refractivity contribution >= 4 is 17.6 Å². The predicted octanol–water partition coefficient (Wildman–Crippen LogP) is 0.686. The molecule has 0 aliphatic carbocycles. The minimum absolute atomic E-state index is 0.219. The van der Waals surface area contributed by atoms with Crippen molar-refractivity contribution in [1.82, 2.24) is 10.6 Å². The molecular formula is C13H13N5O2. The molecule has 0 spiro atoms. The average Bonchev–Trinajstić information content (AvgIpc) is 2.46. The van der Waals surface area contributed by atoms with Crippen LogP contribution in [0.25, 0.3) is 0 Å². The van der Waals surface area contributed by atoms with Gasteiger partial charge in [0.05, 0.1) is 11.1 Å². The second kappa shape index (κ2) is 6.76. The molecule has 0 radical (unpaired) electrons. The van der Waals surface area contributed by atoms with E-state index in [0.29, 0.717) is 5.69 Å². The van der Waals surface area contributed by atoms with Gasteiger partial charge >= 0.3 is 6.03 Å². The van der Waals surface area contributed by atoms with Gasteiger partial charge in [-0.2, -0.15) is 10.5 Å². The van der Waals surface area contributed by atoms with E-state index in [4.69, 9.17) is 10.5 Å².